The van der Waals surface area contributed by atoms with Crippen LogP contribution in [0.2, 0.25) is 0 Å². The second-order valence-corrected chi connectivity index (χ2v) is 4.44. The molecule has 0 spiro atoms. The first-order valence-corrected chi connectivity index (χ1v) is 6.50. The molecule has 1 N–H and O–H groups in total. The van der Waals surface area contributed by atoms with E-state index < -0.39 is 6.10 Å². The summed E-state index contributed by atoms with van der Waals surface area (Å²) in [5.74, 6) is 0.639. The molecule has 0 radical (unpaired) electrons. The number of ether oxygens (including phenoxy) is 1. The average molecular weight is 268 g/mol. The number of nitrogens with zero attached hydrogens (tertiary/aromatic N) is 2. The van der Waals surface area contributed by atoms with Crippen LogP contribution < -0.4 is 4.74 Å². The van der Waals surface area contributed by atoms with E-state index in [0.717, 1.165) is 6.42 Å². The number of pyridine rings is 1. The lowest BCUT2D eigenvalue weighted by atomic mass is 10.0. The second-order valence-electron chi connectivity index (χ2n) is 4.44. The van der Waals surface area contributed by atoms with E-state index >= 15 is 0 Å². The fourth-order valence-corrected chi connectivity index (χ4v) is 1.85. The van der Waals surface area contributed by atoms with Gasteiger partial charge >= 0.3 is 0 Å². The van der Waals surface area contributed by atoms with Gasteiger partial charge in [-0.2, -0.15) is 5.26 Å². The zero-order valence-corrected chi connectivity index (χ0v) is 11.3. The molecule has 1 atom stereocenters. The van der Waals surface area contributed by atoms with E-state index in [-0.39, 0.29) is 0 Å². The zero-order valence-electron chi connectivity index (χ0n) is 11.3. The fraction of sp³-hybridized carbons (Fsp3) is 0.250. The van der Waals surface area contributed by atoms with Crippen molar-refractivity contribution < 1.29 is 9.84 Å². The quantitative estimate of drug-likeness (QED) is 0.905. The van der Waals surface area contributed by atoms with Gasteiger partial charge in [-0.15, -0.1) is 0 Å². The standard InChI is InChI=1S/C16H16N2O2/c1-2-6-20-15-8-14(10-18-11-15)16(19)13-5-3-4-12(7-13)9-17/h3-5,7-8,10-11,16,19H,2,6H2,1H3. The molecule has 4 heteroatoms. The highest BCUT2D eigenvalue weighted by Gasteiger charge is 2.12. The van der Waals surface area contributed by atoms with Crippen LogP contribution in [-0.4, -0.2) is 16.7 Å². The van der Waals surface area contributed by atoms with Crippen molar-refractivity contribution in [3.63, 3.8) is 0 Å². The molecule has 1 aromatic carbocycles. The van der Waals surface area contributed by atoms with Gasteiger partial charge in [0, 0.05) is 11.8 Å². The van der Waals surface area contributed by atoms with Crippen LogP contribution in [-0.2, 0) is 0 Å². The first-order chi connectivity index (χ1) is 9.74. The van der Waals surface area contributed by atoms with Gasteiger partial charge < -0.3 is 9.84 Å². The van der Waals surface area contributed by atoms with Crippen LogP contribution in [0, 0.1) is 11.3 Å². The summed E-state index contributed by atoms with van der Waals surface area (Å²) in [6.07, 6.45) is 3.32. The number of nitriles is 1. The summed E-state index contributed by atoms with van der Waals surface area (Å²) in [5.41, 5.74) is 1.83. The Hall–Kier alpha value is -2.38. The molecule has 0 bridgehead atoms. The Morgan fingerprint density at radius 2 is 2.15 bits per heavy atom. The van der Waals surface area contributed by atoms with Crippen molar-refractivity contribution in [3.05, 3.63) is 59.4 Å². The monoisotopic (exact) mass is 268 g/mol. The van der Waals surface area contributed by atoms with Gasteiger partial charge in [0.2, 0.25) is 0 Å². The van der Waals surface area contributed by atoms with Gasteiger partial charge in [0.05, 0.1) is 24.4 Å². The number of rotatable bonds is 5. The molecule has 0 aliphatic heterocycles. The number of hydrogen-bond donors (Lipinski definition) is 1. The van der Waals surface area contributed by atoms with Gasteiger partial charge in [-0.1, -0.05) is 19.1 Å². The van der Waals surface area contributed by atoms with E-state index in [1.807, 2.05) is 6.92 Å². The number of benzene rings is 1. The molecule has 2 rings (SSSR count). The van der Waals surface area contributed by atoms with E-state index in [1.165, 1.54) is 0 Å². The van der Waals surface area contributed by atoms with E-state index in [4.69, 9.17) is 10.00 Å². The molecule has 1 aromatic heterocycles. The third-order valence-electron chi connectivity index (χ3n) is 2.85. The predicted molar refractivity (Wildman–Crippen MR) is 75.2 cm³/mol. The summed E-state index contributed by atoms with van der Waals surface area (Å²) in [4.78, 5) is 4.08. The first-order valence-electron chi connectivity index (χ1n) is 6.50. The topological polar surface area (TPSA) is 66.1 Å². The number of aliphatic hydroxyl groups is 1. The van der Waals surface area contributed by atoms with Gasteiger partial charge in [0.1, 0.15) is 11.9 Å². The van der Waals surface area contributed by atoms with Gasteiger partial charge in [-0.05, 0) is 30.2 Å². The number of aliphatic hydroxyl groups excluding tert-OH is 1. The lowest BCUT2D eigenvalue weighted by molar-refractivity contribution is 0.218. The summed E-state index contributed by atoms with van der Waals surface area (Å²) < 4.78 is 5.50. The summed E-state index contributed by atoms with van der Waals surface area (Å²) >= 11 is 0. The highest BCUT2D eigenvalue weighted by molar-refractivity contribution is 5.38. The lowest BCUT2D eigenvalue weighted by Gasteiger charge is -2.13. The van der Waals surface area contributed by atoms with Crippen LogP contribution in [0.25, 0.3) is 0 Å². The second kappa shape index (κ2) is 6.69. The Morgan fingerprint density at radius 1 is 1.30 bits per heavy atom. The third-order valence-corrected chi connectivity index (χ3v) is 2.85. The molecule has 20 heavy (non-hydrogen) atoms. The zero-order chi connectivity index (χ0) is 14.4. The molecule has 0 amide bonds. The molecule has 1 unspecified atom stereocenters. The maximum atomic E-state index is 10.4. The average Bonchev–Trinajstić information content (AvgIpc) is 2.52. The van der Waals surface area contributed by atoms with Gasteiger partial charge in [0.25, 0.3) is 0 Å². The van der Waals surface area contributed by atoms with Crippen LogP contribution in [0.3, 0.4) is 0 Å². The first kappa shape index (κ1) is 14.0. The van der Waals surface area contributed by atoms with Crippen LogP contribution in [0.15, 0.2) is 42.7 Å². The highest BCUT2D eigenvalue weighted by Crippen LogP contribution is 2.24. The van der Waals surface area contributed by atoms with Gasteiger partial charge in [-0.3, -0.25) is 4.98 Å². The Kier molecular flexibility index (Phi) is 4.70. The van der Waals surface area contributed by atoms with Gasteiger partial charge in [0.15, 0.2) is 0 Å². The third kappa shape index (κ3) is 3.34. The van der Waals surface area contributed by atoms with Crippen molar-refractivity contribution in [2.45, 2.75) is 19.4 Å². The molecular weight excluding hydrogens is 252 g/mol. The summed E-state index contributed by atoms with van der Waals surface area (Å²) in [6.45, 7) is 2.64. The van der Waals surface area contributed by atoms with Crippen molar-refractivity contribution in [2.24, 2.45) is 0 Å². The minimum absolute atomic E-state index is 0.521. The number of hydrogen-bond acceptors (Lipinski definition) is 4. The summed E-state index contributed by atoms with van der Waals surface area (Å²) in [5, 5.41) is 19.2. The van der Waals surface area contributed by atoms with Crippen molar-refractivity contribution in [3.8, 4) is 11.8 Å². The van der Waals surface area contributed by atoms with E-state index in [9.17, 15) is 5.11 Å². The van der Waals surface area contributed by atoms with Crippen molar-refractivity contribution in [1.82, 2.24) is 4.98 Å². The SMILES string of the molecule is CCCOc1cncc(C(O)c2cccc(C#N)c2)c1. The normalized spacial score (nSPS) is 11.7. The highest BCUT2D eigenvalue weighted by atomic mass is 16.5. The maximum absolute atomic E-state index is 10.4. The van der Waals surface area contributed by atoms with E-state index in [0.29, 0.717) is 29.0 Å². The summed E-state index contributed by atoms with van der Waals surface area (Å²) in [7, 11) is 0. The molecule has 4 nitrogen and oxygen atoms in total. The van der Waals surface area contributed by atoms with Gasteiger partial charge in [-0.25, -0.2) is 0 Å². The van der Waals surface area contributed by atoms with Crippen LogP contribution >= 0.6 is 0 Å². The molecule has 0 saturated heterocycles. The Morgan fingerprint density at radius 3 is 2.90 bits per heavy atom. The molecule has 0 aliphatic carbocycles. The Balaban J connectivity index is 2.23. The Bertz CT molecular complexity index is 620. The molecule has 1 heterocycles. The minimum atomic E-state index is -0.819. The summed E-state index contributed by atoms with van der Waals surface area (Å²) in [6, 6.07) is 10.7. The van der Waals surface area contributed by atoms with Crippen LogP contribution in [0.5, 0.6) is 5.75 Å². The minimum Gasteiger partial charge on any atom is -0.492 e. The van der Waals surface area contributed by atoms with Crippen molar-refractivity contribution in [2.75, 3.05) is 6.61 Å². The molecule has 0 aliphatic rings. The molecular formula is C16H16N2O2. The predicted octanol–water partition coefficient (Wildman–Crippen LogP) is 2.82. The smallest absolute Gasteiger partial charge is 0.137 e. The fourth-order valence-electron chi connectivity index (χ4n) is 1.85. The molecule has 0 fully saturated rings. The Labute approximate surface area is 118 Å². The molecule has 2 aromatic rings. The van der Waals surface area contributed by atoms with E-state index in [1.54, 1.807) is 42.7 Å². The van der Waals surface area contributed by atoms with Crippen molar-refractivity contribution in [1.29, 1.82) is 5.26 Å². The molecule has 0 saturated carbocycles. The maximum Gasteiger partial charge on any atom is 0.137 e. The van der Waals surface area contributed by atoms with Crippen LogP contribution in [0.4, 0.5) is 0 Å². The molecule has 102 valence electrons. The largest absolute Gasteiger partial charge is 0.492 e. The van der Waals surface area contributed by atoms with E-state index in [2.05, 4.69) is 11.1 Å². The van der Waals surface area contributed by atoms with Crippen molar-refractivity contribution >= 4 is 0 Å². The number of aromatic nitrogens is 1. The lowest BCUT2D eigenvalue weighted by Crippen LogP contribution is -2.02. The van der Waals surface area contributed by atoms with Crippen LogP contribution in [0.1, 0.15) is 36.1 Å².